The van der Waals surface area contributed by atoms with E-state index in [4.69, 9.17) is 11.0 Å². The lowest BCUT2D eigenvalue weighted by atomic mass is 10.1. The molecule has 4 heteroatoms. The summed E-state index contributed by atoms with van der Waals surface area (Å²) in [5.74, 6) is 0. The Balaban J connectivity index is 2.74. The molecule has 0 amide bonds. The van der Waals surface area contributed by atoms with Gasteiger partial charge in [-0.05, 0) is 29.1 Å². The van der Waals surface area contributed by atoms with E-state index < -0.39 is 0 Å². The molecule has 2 aromatic rings. The average molecular weight is 206 g/mol. The van der Waals surface area contributed by atoms with Gasteiger partial charge in [0, 0.05) is 10.4 Å². The first-order chi connectivity index (χ1) is 6.70. The van der Waals surface area contributed by atoms with E-state index in [2.05, 4.69) is 0 Å². The molecular formula is C10H7FN2S. The largest absolute Gasteiger partial charge is 0.399 e. The third-order valence-electron chi connectivity index (χ3n) is 1.95. The Labute approximate surface area is 84.4 Å². The standard InChI is InChI=1S/C10H7FN2S/c11-9-5-7-4-8(13)3-6(1-2-12)10(7)14-9/h3-5H,1,13H2. The molecule has 1 heterocycles. The molecule has 0 saturated heterocycles. The van der Waals surface area contributed by atoms with Crippen LogP contribution in [0.3, 0.4) is 0 Å². The summed E-state index contributed by atoms with van der Waals surface area (Å²) < 4.78 is 13.8. The molecule has 0 aliphatic heterocycles. The molecule has 14 heavy (non-hydrogen) atoms. The van der Waals surface area contributed by atoms with Crippen LogP contribution in [0.5, 0.6) is 0 Å². The van der Waals surface area contributed by atoms with Gasteiger partial charge in [0.15, 0.2) is 5.13 Å². The number of thiophene rings is 1. The average Bonchev–Trinajstić information content (AvgIpc) is 2.45. The number of nitrogen functional groups attached to an aromatic ring is 1. The van der Waals surface area contributed by atoms with Crippen LogP contribution in [0.4, 0.5) is 10.1 Å². The fraction of sp³-hybridized carbons (Fsp3) is 0.100. The molecule has 1 aromatic heterocycles. The van der Waals surface area contributed by atoms with Crippen molar-refractivity contribution < 1.29 is 4.39 Å². The van der Waals surface area contributed by atoms with Crippen molar-refractivity contribution in [1.29, 1.82) is 5.26 Å². The first-order valence-electron chi connectivity index (χ1n) is 4.05. The topological polar surface area (TPSA) is 49.8 Å². The van der Waals surface area contributed by atoms with Crippen LogP contribution in [-0.2, 0) is 6.42 Å². The van der Waals surface area contributed by atoms with E-state index in [0.717, 1.165) is 27.0 Å². The Hall–Kier alpha value is -1.60. The fourth-order valence-electron chi connectivity index (χ4n) is 1.44. The van der Waals surface area contributed by atoms with Crippen LogP contribution in [-0.4, -0.2) is 0 Å². The zero-order chi connectivity index (χ0) is 10.1. The summed E-state index contributed by atoms with van der Waals surface area (Å²) in [5.41, 5.74) is 7.01. The fourth-order valence-corrected chi connectivity index (χ4v) is 2.32. The van der Waals surface area contributed by atoms with E-state index in [1.54, 1.807) is 12.1 Å². The number of halogens is 1. The highest BCUT2D eigenvalue weighted by Crippen LogP contribution is 2.30. The minimum absolute atomic E-state index is 0.246. The number of anilines is 1. The second-order valence-corrected chi connectivity index (χ2v) is 3.99. The summed E-state index contributed by atoms with van der Waals surface area (Å²) in [6, 6.07) is 6.92. The molecule has 0 bridgehead atoms. The van der Waals surface area contributed by atoms with Crippen LogP contribution in [0.15, 0.2) is 18.2 Å². The number of fused-ring (bicyclic) bond motifs is 1. The van der Waals surface area contributed by atoms with Crippen molar-refractivity contribution in [2.24, 2.45) is 0 Å². The maximum Gasteiger partial charge on any atom is 0.177 e. The van der Waals surface area contributed by atoms with Crippen LogP contribution in [0.2, 0.25) is 0 Å². The summed E-state index contributed by atoms with van der Waals surface area (Å²) in [7, 11) is 0. The van der Waals surface area contributed by atoms with Crippen molar-refractivity contribution in [2.75, 3.05) is 5.73 Å². The Morgan fingerprint density at radius 1 is 1.43 bits per heavy atom. The van der Waals surface area contributed by atoms with E-state index in [0.29, 0.717) is 5.69 Å². The molecule has 0 aliphatic carbocycles. The molecule has 2 nitrogen and oxygen atoms in total. The van der Waals surface area contributed by atoms with Crippen LogP contribution in [0, 0.1) is 16.5 Å². The van der Waals surface area contributed by atoms with Crippen molar-refractivity contribution in [1.82, 2.24) is 0 Å². The summed E-state index contributed by atoms with van der Waals surface area (Å²) in [5, 5.41) is 9.13. The predicted molar refractivity (Wildman–Crippen MR) is 55.5 cm³/mol. The van der Waals surface area contributed by atoms with Gasteiger partial charge in [-0.15, -0.1) is 11.3 Å². The molecule has 0 saturated carbocycles. The SMILES string of the molecule is N#CCc1cc(N)cc2cc(F)sc12. The zero-order valence-corrected chi connectivity index (χ0v) is 8.07. The second kappa shape index (κ2) is 3.28. The van der Waals surface area contributed by atoms with E-state index in [1.807, 2.05) is 6.07 Å². The normalized spacial score (nSPS) is 10.3. The molecule has 0 spiro atoms. The molecule has 1 aromatic carbocycles. The van der Waals surface area contributed by atoms with E-state index in [1.165, 1.54) is 6.07 Å². The van der Waals surface area contributed by atoms with E-state index in [-0.39, 0.29) is 11.6 Å². The van der Waals surface area contributed by atoms with Crippen molar-refractivity contribution in [2.45, 2.75) is 6.42 Å². The number of benzene rings is 1. The number of nitriles is 1. The van der Waals surface area contributed by atoms with Gasteiger partial charge in [0.2, 0.25) is 0 Å². The molecule has 0 radical (unpaired) electrons. The lowest BCUT2D eigenvalue weighted by Gasteiger charge is -1.99. The Morgan fingerprint density at radius 2 is 2.21 bits per heavy atom. The Bertz CT molecular complexity index is 525. The second-order valence-electron chi connectivity index (χ2n) is 2.98. The van der Waals surface area contributed by atoms with Crippen LogP contribution >= 0.6 is 11.3 Å². The van der Waals surface area contributed by atoms with Gasteiger partial charge in [-0.2, -0.15) is 9.65 Å². The highest BCUT2D eigenvalue weighted by Gasteiger charge is 2.07. The number of nitrogens with two attached hydrogens (primary N) is 1. The van der Waals surface area contributed by atoms with Gasteiger partial charge in [-0.3, -0.25) is 0 Å². The lowest BCUT2D eigenvalue weighted by molar-refractivity contribution is 0.658. The van der Waals surface area contributed by atoms with E-state index >= 15 is 0 Å². The Kier molecular flexibility index (Phi) is 2.10. The number of hydrogen-bond acceptors (Lipinski definition) is 3. The summed E-state index contributed by atoms with van der Waals surface area (Å²) >= 11 is 1.05. The van der Waals surface area contributed by atoms with Gasteiger partial charge in [0.1, 0.15) is 0 Å². The molecule has 2 N–H and O–H groups in total. The molecule has 0 unspecified atom stereocenters. The number of rotatable bonds is 1. The molecular weight excluding hydrogens is 199 g/mol. The molecule has 0 aliphatic rings. The van der Waals surface area contributed by atoms with Gasteiger partial charge >= 0.3 is 0 Å². The smallest absolute Gasteiger partial charge is 0.177 e. The monoisotopic (exact) mass is 206 g/mol. The number of hydrogen-bond donors (Lipinski definition) is 1. The van der Waals surface area contributed by atoms with Gasteiger partial charge in [-0.25, -0.2) is 0 Å². The summed E-state index contributed by atoms with van der Waals surface area (Å²) in [4.78, 5) is 0. The van der Waals surface area contributed by atoms with Crippen LogP contribution in [0.1, 0.15) is 5.56 Å². The summed E-state index contributed by atoms with van der Waals surface area (Å²) in [6.45, 7) is 0. The predicted octanol–water partition coefficient (Wildman–Crippen LogP) is 2.69. The van der Waals surface area contributed by atoms with Gasteiger partial charge in [-0.1, -0.05) is 0 Å². The first-order valence-corrected chi connectivity index (χ1v) is 4.87. The van der Waals surface area contributed by atoms with Crippen molar-refractivity contribution in [3.63, 3.8) is 0 Å². The van der Waals surface area contributed by atoms with Gasteiger partial charge < -0.3 is 5.73 Å². The molecule has 70 valence electrons. The Morgan fingerprint density at radius 3 is 2.93 bits per heavy atom. The van der Waals surface area contributed by atoms with Crippen molar-refractivity contribution in [3.05, 3.63) is 28.9 Å². The quantitative estimate of drug-likeness (QED) is 0.729. The molecule has 0 fully saturated rings. The zero-order valence-electron chi connectivity index (χ0n) is 7.25. The highest BCUT2D eigenvalue weighted by molar-refractivity contribution is 7.17. The van der Waals surface area contributed by atoms with Crippen LogP contribution in [0.25, 0.3) is 10.1 Å². The van der Waals surface area contributed by atoms with Gasteiger partial charge in [0.05, 0.1) is 12.5 Å². The maximum atomic E-state index is 13.0. The van der Waals surface area contributed by atoms with Crippen LogP contribution < -0.4 is 5.73 Å². The first kappa shape index (κ1) is 8.97. The minimum Gasteiger partial charge on any atom is -0.399 e. The third-order valence-corrected chi connectivity index (χ3v) is 2.97. The summed E-state index contributed by atoms with van der Waals surface area (Å²) in [6.07, 6.45) is 0.265. The minimum atomic E-state index is -0.246. The van der Waals surface area contributed by atoms with Gasteiger partial charge in [0.25, 0.3) is 0 Å². The number of nitrogens with zero attached hydrogens (tertiary/aromatic N) is 1. The van der Waals surface area contributed by atoms with Crippen molar-refractivity contribution >= 4 is 27.1 Å². The lowest BCUT2D eigenvalue weighted by Crippen LogP contribution is -1.88. The third kappa shape index (κ3) is 1.42. The molecule has 2 rings (SSSR count). The van der Waals surface area contributed by atoms with Crippen molar-refractivity contribution in [3.8, 4) is 6.07 Å². The highest BCUT2D eigenvalue weighted by atomic mass is 32.1. The van der Waals surface area contributed by atoms with E-state index in [9.17, 15) is 4.39 Å². The molecule has 0 atom stereocenters. The maximum absolute atomic E-state index is 13.0.